The summed E-state index contributed by atoms with van der Waals surface area (Å²) in [6.45, 7) is 0. The van der Waals surface area contributed by atoms with Crippen molar-refractivity contribution in [2.75, 3.05) is 5.01 Å². The minimum Gasteiger partial charge on any atom is -0.267 e. The smallest absolute Gasteiger partial charge is 0.267 e. The topological polar surface area (TPSA) is 57.1 Å². The van der Waals surface area contributed by atoms with Crippen LogP contribution in [-0.2, 0) is 0 Å². The first-order valence-corrected chi connectivity index (χ1v) is 11.2. The molecule has 34 heavy (non-hydrogen) atoms. The molecule has 0 aliphatic carbocycles. The van der Waals surface area contributed by atoms with Gasteiger partial charge in [-0.25, -0.2) is 5.43 Å². The Hall–Kier alpha value is -4.51. The summed E-state index contributed by atoms with van der Waals surface area (Å²) in [6.07, 6.45) is 2.48. The van der Waals surface area contributed by atoms with Crippen LogP contribution in [0.5, 0.6) is 0 Å². The van der Waals surface area contributed by atoms with Crippen molar-refractivity contribution in [3.05, 3.63) is 138 Å². The van der Waals surface area contributed by atoms with Gasteiger partial charge in [0.05, 0.1) is 23.7 Å². The van der Waals surface area contributed by atoms with E-state index in [4.69, 9.17) is 5.10 Å². The quantitative estimate of drug-likeness (QED) is 0.302. The van der Waals surface area contributed by atoms with Crippen LogP contribution >= 0.6 is 0 Å². The number of nitrogens with one attached hydrogen (secondary N) is 1. The number of rotatable bonds is 6. The summed E-state index contributed by atoms with van der Waals surface area (Å²) >= 11 is 0. The van der Waals surface area contributed by atoms with Gasteiger partial charge < -0.3 is 0 Å². The molecule has 0 spiro atoms. The Kier molecular flexibility index (Phi) is 6.25. The van der Waals surface area contributed by atoms with Crippen molar-refractivity contribution in [3.63, 3.8) is 0 Å². The molecule has 0 saturated heterocycles. The minimum atomic E-state index is -0.237. The summed E-state index contributed by atoms with van der Waals surface area (Å²) in [5.74, 6) is -0.237. The number of carbonyl (C=O) groups excluding carboxylic acids is 1. The number of anilines is 1. The highest BCUT2D eigenvalue weighted by atomic mass is 16.2. The van der Waals surface area contributed by atoms with Gasteiger partial charge in [0.2, 0.25) is 0 Å². The van der Waals surface area contributed by atoms with E-state index in [1.165, 1.54) is 5.56 Å². The van der Waals surface area contributed by atoms with Crippen molar-refractivity contribution in [1.29, 1.82) is 0 Å². The summed E-state index contributed by atoms with van der Waals surface area (Å²) in [5.41, 5.74) is 8.48. The zero-order valence-corrected chi connectivity index (χ0v) is 18.6. The molecule has 0 fully saturated rings. The van der Waals surface area contributed by atoms with Crippen molar-refractivity contribution >= 4 is 23.5 Å². The van der Waals surface area contributed by atoms with E-state index < -0.39 is 0 Å². The molecule has 4 aromatic rings. The third-order valence-electron chi connectivity index (χ3n) is 5.78. The molecule has 0 bridgehead atoms. The van der Waals surface area contributed by atoms with Gasteiger partial charge in [0, 0.05) is 12.0 Å². The zero-order valence-electron chi connectivity index (χ0n) is 18.6. The van der Waals surface area contributed by atoms with Crippen LogP contribution in [0.1, 0.15) is 39.5 Å². The van der Waals surface area contributed by atoms with Crippen molar-refractivity contribution < 1.29 is 4.79 Å². The standard InChI is InChI=1S/C29H24N4O/c34-29(25-14-8-3-9-15-25)31-30-21-22-16-18-26(19-17-22)33-28(24-12-6-2-7-13-24)20-27(32-33)23-10-4-1-5-11-23/h1-19,21,28H,20H2,(H,31,34). The number of hydrazone groups is 2. The second-order valence-electron chi connectivity index (χ2n) is 8.04. The Balaban J connectivity index is 1.34. The molecule has 1 N–H and O–H groups in total. The first-order valence-electron chi connectivity index (χ1n) is 11.2. The molecule has 1 unspecified atom stereocenters. The van der Waals surface area contributed by atoms with Gasteiger partial charge in [0.1, 0.15) is 0 Å². The van der Waals surface area contributed by atoms with Crippen LogP contribution in [0.4, 0.5) is 5.69 Å². The Morgan fingerprint density at radius 2 is 1.44 bits per heavy atom. The molecule has 5 rings (SSSR count). The van der Waals surface area contributed by atoms with Crippen LogP contribution in [0.2, 0.25) is 0 Å². The van der Waals surface area contributed by atoms with Gasteiger partial charge in [0.25, 0.3) is 5.91 Å². The Morgan fingerprint density at radius 1 is 0.824 bits per heavy atom. The van der Waals surface area contributed by atoms with E-state index in [9.17, 15) is 4.79 Å². The number of carbonyl (C=O) groups is 1. The highest BCUT2D eigenvalue weighted by Crippen LogP contribution is 2.36. The first kappa shape index (κ1) is 21.3. The fourth-order valence-corrected chi connectivity index (χ4v) is 4.02. The van der Waals surface area contributed by atoms with Gasteiger partial charge in [-0.2, -0.15) is 10.2 Å². The van der Waals surface area contributed by atoms with Crippen molar-refractivity contribution in [2.24, 2.45) is 10.2 Å². The lowest BCUT2D eigenvalue weighted by Crippen LogP contribution is -2.18. The molecule has 166 valence electrons. The number of amides is 1. The average molecular weight is 445 g/mol. The molecule has 1 atom stereocenters. The molecule has 1 heterocycles. The molecule has 1 aliphatic heterocycles. The molecular formula is C29H24N4O. The maximum Gasteiger partial charge on any atom is 0.271 e. The molecule has 1 aliphatic rings. The third kappa shape index (κ3) is 4.79. The second kappa shape index (κ2) is 9.96. The van der Waals surface area contributed by atoms with Crippen LogP contribution in [0, 0.1) is 0 Å². The second-order valence-corrected chi connectivity index (χ2v) is 8.04. The Bertz CT molecular complexity index is 1300. The van der Waals surface area contributed by atoms with E-state index in [0.717, 1.165) is 28.9 Å². The first-order chi connectivity index (χ1) is 16.8. The van der Waals surface area contributed by atoms with Gasteiger partial charge in [-0.1, -0.05) is 91.0 Å². The zero-order chi connectivity index (χ0) is 23.2. The fraction of sp³-hybridized carbons (Fsp3) is 0.0690. The third-order valence-corrected chi connectivity index (χ3v) is 5.78. The van der Waals surface area contributed by atoms with Crippen LogP contribution in [0.15, 0.2) is 125 Å². The van der Waals surface area contributed by atoms with E-state index in [-0.39, 0.29) is 11.9 Å². The highest BCUT2D eigenvalue weighted by molar-refractivity contribution is 6.03. The fourth-order valence-electron chi connectivity index (χ4n) is 4.02. The highest BCUT2D eigenvalue weighted by Gasteiger charge is 2.29. The van der Waals surface area contributed by atoms with Crippen molar-refractivity contribution in [3.8, 4) is 0 Å². The molecule has 1 amide bonds. The van der Waals surface area contributed by atoms with Gasteiger partial charge >= 0.3 is 0 Å². The molecule has 4 aromatic carbocycles. The van der Waals surface area contributed by atoms with Crippen LogP contribution in [0.25, 0.3) is 0 Å². The van der Waals surface area contributed by atoms with Crippen LogP contribution in [-0.4, -0.2) is 17.8 Å². The summed E-state index contributed by atoms with van der Waals surface area (Å²) in [7, 11) is 0. The SMILES string of the molecule is O=C(NN=Cc1ccc(N2N=C(c3ccccc3)CC2c2ccccc2)cc1)c1ccccc1. The molecule has 0 saturated carbocycles. The van der Waals surface area contributed by atoms with E-state index in [1.807, 2.05) is 66.7 Å². The summed E-state index contributed by atoms with van der Waals surface area (Å²) < 4.78 is 0. The molecular weight excluding hydrogens is 420 g/mol. The summed E-state index contributed by atoms with van der Waals surface area (Å²) in [6, 6.07) is 38.0. The lowest BCUT2D eigenvalue weighted by molar-refractivity contribution is 0.0955. The lowest BCUT2D eigenvalue weighted by Gasteiger charge is -2.24. The number of nitrogens with zero attached hydrogens (tertiary/aromatic N) is 3. The van der Waals surface area contributed by atoms with Crippen molar-refractivity contribution in [2.45, 2.75) is 12.5 Å². The number of hydrogen-bond donors (Lipinski definition) is 1. The summed E-state index contributed by atoms with van der Waals surface area (Å²) in [4.78, 5) is 12.1. The molecule has 5 heteroatoms. The van der Waals surface area contributed by atoms with E-state index in [1.54, 1.807) is 18.3 Å². The Morgan fingerprint density at radius 3 is 2.12 bits per heavy atom. The van der Waals surface area contributed by atoms with Gasteiger partial charge in [-0.15, -0.1) is 0 Å². The predicted molar refractivity (Wildman–Crippen MR) is 137 cm³/mol. The largest absolute Gasteiger partial charge is 0.271 e. The van der Waals surface area contributed by atoms with Crippen LogP contribution < -0.4 is 10.4 Å². The van der Waals surface area contributed by atoms with Crippen molar-refractivity contribution in [1.82, 2.24) is 5.43 Å². The van der Waals surface area contributed by atoms with Gasteiger partial charge in [-0.05, 0) is 41.0 Å². The summed E-state index contributed by atoms with van der Waals surface area (Å²) in [5, 5.41) is 11.2. The van der Waals surface area contributed by atoms with Gasteiger partial charge in [0.15, 0.2) is 0 Å². The van der Waals surface area contributed by atoms with E-state index in [0.29, 0.717) is 5.56 Å². The Labute approximate surface area is 199 Å². The normalized spacial score (nSPS) is 15.4. The lowest BCUT2D eigenvalue weighted by atomic mass is 9.98. The predicted octanol–water partition coefficient (Wildman–Crippen LogP) is 5.81. The van der Waals surface area contributed by atoms with E-state index in [2.05, 4.69) is 51.9 Å². The average Bonchev–Trinajstić information content (AvgIpc) is 3.36. The van der Waals surface area contributed by atoms with E-state index >= 15 is 0 Å². The number of benzene rings is 4. The molecule has 0 radical (unpaired) electrons. The maximum atomic E-state index is 12.1. The van der Waals surface area contributed by atoms with Crippen LogP contribution in [0.3, 0.4) is 0 Å². The molecule has 5 nitrogen and oxygen atoms in total. The number of hydrogen-bond acceptors (Lipinski definition) is 4. The monoisotopic (exact) mass is 444 g/mol. The minimum absolute atomic E-state index is 0.126. The van der Waals surface area contributed by atoms with Gasteiger partial charge in [-0.3, -0.25) is 9.80 Å². The maximum absolute atomic E-state index is 12.1. The molecule has 0 aromatic heterocycles.